The van der Waals surface area contributed by atoms with Crippen molar-refractivity contribution in [2.24, 2.45) is 0 Å². The standard InChI is InChI=1S/C40H40N2O2/c1-43-24-11-8-21-40(22-9-12-25-44-2)35-18-5-3-16-31(35)33-27-34-32-17-4-6-20-38(32)42(39(34)28-36(33)40)30-15-13-14-29(26-30)37-19-7-10-23-41-37/h3-7,10,13-20,23,26-28H,8-9,11-12,21-22,24-25H2,1-2H3. The van der Waals surface area contributed by atoms with Crippen molar-refractivity contribution < 1.29 is 9.47 Å². The van der Waals surface area contributed by atoms with Gasteiger partial charge in [0, 0.05) is 61.1 Å². The lowest BCUT2D eigenvalue weighted by molar-refractivity contribution is 0.185. The molecule has 0 saturated carbocycles. The molecule has 0 N–H and O–H groups in total. The van der Waals surface area contributed by atoms with E-state index < -0.39 is 0 Å². The van der Waals surface area contributed by atoms with Crippen LogP contribution in [-0.2, 0) is 14.9 Å². The third kappa shape index (κ3) is 4.92. The Morgan fingerprint density at radius 1 is 0.614 bits per heavy atom. The number of ether oxygens (including phenoxy) is 2. The Bertz CT molecular complexity index is 1890. The molecule has 0 radical (unpaired) electrons. The number of para-hydroxylation sites is 1. The van der Waals surface area contributed by atoms with E-state index in [4.69, 9.17) is 9.47 Å². The van der Waals surface area contributed by atoms with Gasteiger partial charge in [-0.05, 0) is 103 Å². The van der Waals surface area contributed by atoms with E-state index in [1.165, 1.54) is 44.1 Å². The molecule has 1 aliphatic carbocycles. The molecule has 0 spiro atoms. The molecular formula is C40H40N2O2. The first-order chi connectivity index (χ1) is 21.7. The predicted octanol–water partition coefficient (Wildman–Crippen LogP) is 9.75. The summed E-state index contributed by atoms with van der Waals surface area (Å²) < 4.78 is 13.4. The molecule has 4 aromatic carbocycles. The van der Waals surface area contributed by atoms with Crippen molar-refractivity contribution in [3.63, 3.8) is 0 Å². The predicted molar refractivity (Wildman–Crippen MR) is 182 cm³/mol. The van der Waals surface area contributed by atoms with Gasteiger partial charge in [0.15, 0.2) is 0 Å². The molecular weight excluding hydrogens is 540 g/mol. The summed E-state index contributed by atoms with van der Waals surface area (Å²) in [5.41, 5.74) is 11.4. The summed E-state index contributed by atoms with van der Waals surface area (Å²) >= 11 is 0. The first-order valence-electron chi connectivity index (χ1n) is 15.9. The Hall–Kier alpha value is -4.25. The monoisotopic (exact) mass is 580 g/mol. The zero-order valence-electron chi connectivity index (χ0n) is 25.8. The van der Waals surface area contributed by atoms with Gasteiger partial charge in [0.1, 0.15) is 0 Å². The topological polar surface area (TPSA) is 36.3 Å². The number of fused-ring (bicyclic) bond motifs is 6. The molecule has 7 rings (SSSR count). The molecule has 222 valence electrons. The Morgan fingerprint density at radius 3 is 2.14 bits per heavy atom. The maximum Gasteiger partial charge on any atom is 0.0702 e. The number of methoxy groups -OCH3 is 2. The van der Waals surface area contributed by atoms with E-state index in [2.05, 4.69) is 107 Å². The first kappa shape index (κ1) is 28.5. The molecule has 0 saturated heterocycles. The minimum absolute atomic E-state index is 0.0430. The fourth-order valence-electron chi connectivity index (χ4n) is 7.54. The highest BCUT2D eigenvalue weighted by Gasteiger charge is 2.42. The van der Waals surface area contributed by atoms with Gasteiger partial charge in [-0.3, -0.25) is 4.98 Å². The van der Waals surface area contributed by atoms with Crippen LogP contribution in [0.1, 0.15) is 49.7 Å². The van der Waals surface area contributed by atoms with E-state index in [1.54, 1.807) is 14.2 Å². The molecule has 0 bridgehead atoms. The second kappa shape index (κ2) is 12.4. The number of nitrogens with zero attached hydrogens (tertiary/aromatic N) is 2. The summed E-state index contributed by atoms with van der Waals surface area (Å²) in [5.74, 6) is 0. The van der Waals surface area contributed by atoms with Gasteiger partial charge in [-0.2, -0.15) is 0 Å². The number of rotatable bonds is 12. The van der Waals surface area contributed by atoms with E-state index in [0.717, 1.165) is 68.7 Å². The average molecular weight is 581 g/mol. The molecule has 0 amide bonds. The molecule has 4 heteroatoms. The molecule has 44 heavy (non-hydrogen) atoms. The highest BCUT2D eigenvalue weighted by atomic mass is 16.5. The quantitative estimate of drug-likeness (QED) is 0.135. The van der Waals surface area contributed by atoms with E-state index >= 15 is 0 Å². The largest absolute Gasteiger partial charge is 0.385 e. The summed E-state index contributed by atoms with van der Waals surface area (Å²) in [7, 11) is 3.61. The van der Waals surface area contributed by atoms with Gasteiger partial charge in [-0.25, -0.2) is 0 Å². The van der Waals surface area contributed by atoms with Gasteiger partial charge in [0.05, 0.1) is 16.7 Å². The fourth-order valence-corrected chi connectivity index (χ4v) is 7.54. The number of hydrogen-bond acceptors (Lipinski definition) is 3. The summed E-state index contributed by atoms with van der Waals surface area (Å²) in [4.78, 5) is 4.64. The summed E-state index contributed by atoms with van der Waals surface area (Å²) in [6, 6.07) is 37.9. The summed E-state index contributed by atoms with van der Waals surface area (Å²) in [6.07, 6.45) is 8.45. The van der Waals surface area contributed by atoms with Crippen LogP contribution in [-0.4, -0.2) is 37.0 Å². The lowest BCUT2D eigenvalue weighted by Gasteiger charge is -2.33. The molecule has 1 aliphatic rings. The Labute approximate surface area is 260 Å². The molecule has 0 unspecified atom stereocenters. The van der Waals surface area contributed by atoms with E-state index in [1.807, 2.05) is 12.3 Å². The molecule has 2 heterocycles. The van der Waals surface area contributed by atoms with Crippen LogP contribution in [0, 0.1) is 0 Å². The summed E-state index contributed by atoms with van der Waals surface area (Å²) in [5, 5.41) is 2.58. The zero-order valence-corrected chi connectivity index (χ0v) is 25.8. The lowest BCUT2D eigenvalue weighted by Crippen LogP contribution is -2.26. The second-order valence-electron chi connectivity index (χ2n) is 12.1. The van der Waals surface area contributed by atoms with Gasteiger partial charge in [-0.1, -0.05) is 60.7 Å². The highest BCUT2D eigenvalue weighted by Crippen LogP contribution is 2.55. The normalized spacial score (nSPS) is 13.4. The Balaban J connectivity index is 1.45. The van der Waals surface area contributed by atoms with Crippen LogP contribution in [0.25, 0.3) is 49.9 Å². The number of unbranched alkanes of at least 4 members (excludes halogenated alkanes) is 2. The van der Waals surface area contributed by atoms with E-state index in [9.17, 15) is 0 Å². The smallest absolute Gasteiger partial charge is 0.0702 e. The van der Waals surface area contributed by atoms with Crippen molar-refractivity contribution in [2.45, 2.75) is 43.9 Å². The zero-order chi connectivity index (χ0) is 29.9. The van der Waals surface area contributed by atoms with Crippen LogP contribution in [0.5, 0.6) is 0 Å². The summed E-state index contributed by atoms with van der Waals surface area (Å²) in [6.45, 7) is 1.60. The number of pyridine rings is 1. The van der Waals surface area contributed by atoms with Gasteiger partial charge < -0.3 is 14.0 Å². The van der Waals surface area contributed by atoms with Gasteiger partial charge in [0.2, 0.25) is 0 Å². The minimum atomic E-state index is -0.0430. The lowest BCUT2D eigenvalue weighted by atomic mass is 9.70. The van der Waals surface area contributed by atoms with Crippen molar-refractivity contribution in [1.82, 2.24) is 9.55 Å². The molecule has 6 aromatic rings. The minimum Gasteiger partial charge on any atom is -0.385 e. The van der Waals surface area contributed by atoms with Gasteiger partial charge in [-0.15, -0.1) is 0 Å². The maximum absolute atomic E-state index is 5.46. The third-order valence-electron chi connectivity index (χ3n) is 9.53. The maximum atomic E-state index is 5.46. The Morgan fingerprint density at radius 2 is 1.36 bits per heavy atom. The average Bonchev–Trinajstić information content (AvgIpc) is 3.54. The van der Waals surface area contributed by atoms with Crippen molar-refractivity contribution in [2.75, 3.05) is 27.4 Å². The molecule has 0 atom stereocenters. The number of aromatic nitrogens is 2. The van der Waals surface area contributed by atoms with Gasteiger partial charge >= 0.3 is 0 Å². The highest BCUT2D eigenvalue weighted by molar-refractivity contribution is 6.11. The molecule has 0 aliphatic heterocycles. The van der Waals surface area contributed by atoms with Crippen molar-refractivity contribution in [3.8, 4) is 28.1 Å². The van der Waals surface area contributed by atoms with Crippen LogP contribution in [0.2, 0.25) is 0 Å². The fraction of sp³-hybridized carbons (Fsp3) is 0.275. The second-order valence-corrected chi connectivity index (χ2v) is 12.1. The van der Waals surface area contributed by atoms with E-state index in [-0.39, 0.29) is 5.41 Å². The first-order valence-corrected chi connectivity index (χ1v) is 15.9. The SMILES string of the molecule is COCCCCC1(CCCCOC)c2ccccc2-c2cc3c4ccccc4n(-c4cccc(-c5ccccn5)c4)c3cc21. The van der Waals surface area contributed by atoms with Crippen molar-refractivity contribution >= 4 is 21.8 Å². The molecule has 2 aromatic heterocycles. The van der Waals surface area contributed by atoms with Crippen LogP contribution >= 0.6 is 0 Å². The van der Waals surface area contributed by atoms with Crippen LogP contribution in [0.4, 0.5) is 0 Å². The molecule has 4 nitrogen and oxygen atoms in total. The van der Waals surface area contributed by atoms with Crippen LogP contribution in [0.15, 0.2) is 109 Å². The van der Waals surface area contributed by atoms with E-state index in [0.29, 0.717) is 0 Å². The number of benzene rings is 4. The Kier molecular flexibility index (Phi) is 8.03. The van der Waals surface area contributed by atoms with Crippen molar-refractivity contribution in [1.29, 1.82) is 0 Å². The third-order valence-corrected chi connectivity index (χ3v) is 9.53. The van der Waals surface area contributed by atoms with Gasteiger partial charge in [0.25, 0.3) is 0 Å². The van der Waals surface area contributed by atoms with Crippen LogP contribution < -0.4 is 0 Å². The van der Waals surface area contributed by atoms with Crippen LogP contribution in [0.3, 0.4) is 0 Å². The van der Waals surface area contributed by atoms with Crippen molar-refractivity contribution in [3.05, 3.63) is 120 Å². The molecule has 0 fully saturated rings. The number of hydrogen-bond donors (Lipinski definition) is 0.